The third-order valence-corrected chi connectivity index (χ3v) is 8.75. The van der Waals surface area contributed by atoms with Gasteiger partial charge >= 0.3 is 6.09 Å². The van der Waals surface area contributed by atoms with Gasteiger partial charge in [-0.05, 0) is 88.2 Å². The number of aromatic nitrogens is 2. The zero-order valence-electron chi connectivity index (χ0n) is 24.7. The second-order valence-electron chi connectivity index (χ2n) is 11.2. The van der Waals surface area contributed by atoms with Gasteiger partial charge < -0.3 is 10.1 Å². The van der Waals surface area contributed by atoms with Crippen LogP contribution in [-0.2, 0) is 32.5 Å². The average Bonchev–Trinajstić information content (AvgIpc) is 3.41. The molecular formula is C31H35N5O5S2. The van der Waals surface area contributed by atoms with E-state index in [0.717, 1.165) is 11.1 Å². The number of nitrogens with zero attached hydrogens (tertiary/aromatic N) is 2. The van der Waals surface area contributed by atoms with E-state index < -0.39 is 21.7 Å². The van der Waals surface area contributed by atoms with E-state index in [1.54, 1.807) is 95.7 Å². The van der Waals surface area contributed by atoms with Gasteiger partial charge in [-0.25, -0.2) is 22.9 Å². The largest absolute Gasteiger partial charge is 0.447 e. The van der Waals surface area contributed by atoms with Gasteiger partial charge in [0.15, 0.2) is 0 Å². The number of carbonyl (C=O) groups excluding carboxylic acids is 2. The van der Waals surface area contributed by atoms with Crippen molar-refractivity contribution in [3.8, 4) is 21.0 Å². The van der Waals surface area contributed by atoms with Gasteiger partial charge in [-0.3, -0.25) is 15.1 Å². The molecule has 0 aliphatic carbocycles. The van der Waals surface area contributed by atoms with Crippen LogP contribution in [0.25, 0.3) is 21.0 Å². The van der Waals surface area contributed by atoms with E-state index in [2.05, 4.69) is 25.3 Å². The number of pyridine rings is 1. The predicted octanol–water partition coefficient (Wildman–Crippen LogP) is 5.76. The van der Waals surface area contributed by atoms with E-state index in [0.29, 0.717) is 26.7 Å². The molecule has 12 heteroatoms. The van der Waals surface area contributed by atoms with Crippen molar-refractivity contribution in [2.75, 3.05) is 5.32 Å². The second-order valence-corrected chi connectivity index (χ2v) is 13.9. The summed E-state index contributed by atoms with van der Waals surface area (Å²) in [5.74, 6) is -0.183. The first-order chi connectivity index (χ1) is 20.3. The summed E-state index contributed by atoms with van der Waals surface area (Å²) in [6.07, 6.45) is 4.34. The van der Waals surface area contributed by atoms with E-state index in [1.165, 1.54) is 11.3 Å². The van der Waals surface area contributed by atoms with Crippen molar-refractivity contribution in [2.24, 2.45) is 0 Å². The van der Waals surface area contributed by atoms with E-state index >= 15 is 0 Å². The molecule has 0 saturated heterocycles. The summed E-state index contributed by atoms with van der Waals surface area (Å²) >= 11 is 1.35. The van der Waals surface area contributed by atoms with Crippen LogP contribution in [0, 0.1) is 0 Å². The van der Waals surface area contributed by atoms with Gasteiger partial charge in [0.25, 0.3) is 0 Å². The molecule has 43 heavy (non-hydrogen) atoms. The molecule has 0 unspecified atom stereocenters. The highest BCUT2D eigenvalue weighted by Crippen LogP contribution is 2.36. The van der Waals surface area contributed by atoms with Gasteiger partial charge in [0, 0.05) is 47.5 Å². The molecule has 4 rings (SSSR count). The summed E-state index contributed by atoms with van der Waals surface area (Å²) in [4.78, 5) is 33.7. The summed E-state index contributed by atoms with van der Waals surface area (Å²) in [6, 6.07) is 15.8. The molecule has 0 radical (unpaired) electrons. The molecule has 0 aliphatic heterocycles. The Kier molecular flexibility index (Phi) is 9.95. The van der Waals surface area contributed by atoms with Gasteiger partial charge in [0.2, 0.25) is 15.9 Å². The number of carbonyl (C=O) groups is 2. The minimum Gasteiger partial charge on any atom is -0.447 e. The molecule has 0 atom stereocenters. The number of hydrogen-bond donors (Lipinski definition) is 3. The minimum absolute atomic E-state index is 0.0988. The van der Waals surface area contributed by atoms with Crippen LogP contribution < -0.4 is 15.4 Å². The lowest BCUT2D eigenvalue weighted by molar-refractivity contribution is -0.120. The number of amides is 2. The third-order valence-electron chi connectivity index (χ3n) is 5.87. The van der Waals surface area contributed by atoms with Crippen LogP contribution in [0.15, 0.2) is 78.1 Å². The van der Waals surface area contributed by atoms with Crippen LogP contribution >= 0.6 is 11.3 Å². The van der Waals surface area contributed by atoms with E-state index in [4.69, 9.17) is 4.74 Å². The number of rotatable bonds is 10. The molecule has 0 saturated carbocycles. The Bertz CT molecular complexity index is 1680. The van der Waals surface area contributed by atoms with Gasteiger partial charge in [0.05, 0.1) is 22.3 Å². The summed E-state index contributed by atoms with van der Waals surface area (Å²) in [5.41, 5.74) is 2.66. The smallest absolute Gasteiger partial charge is 0.411 e. The van der Waals surface area contributed by atoms with Gasteiger partial charge in [-0.2, -0.15) is 0 Å². The first-order valence-corrected chi connectivity index (χ1v) is 16.0. The highest BCUT2D eigenvalue weighted by atomic mass is 32.2. The highest BCUT2D eigenvalue weighted by Gasteiger charge is 2.26. The summed E-state index contributed by atoms with van der Waals surface area (Å²) in [6.45, 7) is 9.05. The SMILES string of the molecule is CC(C)OC(=O)Nc1ccc(-c2ncc(-c3ccc(CNC(=O)Cc4ccncc4)cc3S(=O)(=O)NC(C)(C)C)s2)cc1. The van der Waals surface area contributed by atoms with Gasteiger partial charge in [0.1, 0.15) is 5.01 Å². The Labute approximate surface area is 256 Å². The maximum absolute atomic E-state index is 13.6. The molecule has 3 N–H and O–H groups in total. The van der Waals surface area contributed by atoms with Crippen molar-refractivity contribution < 1.29 is 22.7 Å². The van der Waals surface area contributed by atoms with Crippen LogP contribution in [-0.4, -0.2) is 42.0 Å². The number of benzene rings is 2. The van der Waals surface area contributed by atoms with Crippen molar-refractivity contribution in [1.29, 1.82) is 0 Å². The van der Waals surface area contributed by atoms with Crippen molar-refractivity contribution in [3.63, 3.8) is 0 Å². The third kappa shape index (κ3) is 9.18. The topological polar surface area (TPSA) is 139 Å². The molecule has 2 heterocycles. The van der Waals surface area contributed by atoms with Crippen LogP contribution in [0.1, 0.15) is 45.7 Å². The average molecular weight is 622 g/mol. The first-order valence-electron chi connectivity index (χ1n) is 13.7. The monoisotopic (exact) mass is 621 g/mol. The van der Waals surface area contributed by atoms with Gasteiger partial charge in [-0.15, -0.1) is 11.3 Å². The van der Waals surface area contributed by atoms with E-state index in [-0.39, 0.29) is 29.9 Å². The lowest BCUT2D eigenvalue weighted by Crippen LogP contribution is -2.40. The molecule has 2 aromatic heterocycles. The minimum atomic E-state index is -3.93. The maximum Gasteiger partial charge on any atom is 0.411 e. The lowest BCUT2D eigenvalue weighted by Gasteiger charge is -2.22. The first kappa shape index (κ1) is 31.8. The number of anilines is 1. The number of ether oxygens (including phenoxy) is 1. The number of hydrogen-bond acceptors (Lipinski definition) is 8. The van der Waals surface area contributed by atoms with Crippen molar-refractivity contribution in [3.05, 3.63) is 84.3 Å². The Morgan fingerprint density at radius 2 is 1.67 bits per heavy atom. The summed E-state index contributed by atoms with van der Waals surface area (Å²) in [7, 11) is -3.93. The molecule has 2 amide bonds. The van der Waals surface area contributed by atoms with Crippen LogP contribution in [0.4, 0.5) is 10.5 Å². The van der Waals surface area contributed by atoms with Gasteiger partial charge in [-0.1, -0.05) is 12.1 Å². The van der Waals surface area contributed by atoms with Crippen LogP contribution in [0.2, 0.25) is 0 Å². The Morgan fingerprint density at radius 3 is 2.33 bits per heavy atom. The van der Waals surface area contributed by atoms with Crippen molar-refractivity contribution in [2.45, 2.75) is 64.1 Å². The fraction of sp³-hybridized carbons (Fsp3) is 0.290. The number of thiazole rings is 1. The van der Waals surface area contributed by atoms with Crippen LogP contribution in [0.3, 0.4) is 0 Å². The fourth-order valence-corrected chi connectivity index (χ4v) is 6.82. The van der Waals surface area contributed by atoms with Crippen molar-refractivity contribution >= 4 is 39.0 Å². The molecule has 0 bridgehead atoms. The highest BCUT2D eigenvalue weighted by molar-refractivity contribution is 7.89. The fourth-order valence-electron chi connectivity index (χ4n) is 4.10. The van der Waals surface area contributed by atoms with Crippen molar-refractivity contribution in [1.82, 2.24) is 20.0 Å². The Morgan fingerprint density at radius 1 is 0.977 bits per heavy atom. The standard InChI is InChI=1S/C31H35N5O5S2/c1-20(2)41-30(38)35-24-9-7-23(8-10-24)29-34-19-26(42-29)25-11-6-22(16-27(25)43(39,40)36-31(3,4)5)18-33-28(37)17-21-12-14-32-15-13-21/h6-16,19-20,36H,17-18H2,1-5H3,(H,33,37)(H,35,38). The molecule has 0 fully saturated rings. The lowest BCUT2D eigenvalue weighted by atomic mass is 10.1. The normalized spacial score (nSPS) is 11.8. The van der Waals surface area contributed by atoms with E-state index in [9.17, 15) is 18.0 Å². The quantitative estimate of drug-likeness (QED) is 0.204. The Hall–Kier alpha value is -4.13. The predicted molar refractivity (Wildman–Crippen MR) is 168 cm³/mol. The zero-order valence-corrected chi connectivity index (χ0v) is 26.3. The van der Waals surface area contributed by atoms with Crippen LogP contribution in [0.5, 0.6) is 0 Å². The molecular weight excluding hydrogens is 587 g/mol. The number of sulfonamides is 1. The molecule has 0 aliphatic rings. The van der Waals surface area contributed by atoms with E-state index in [1.807, 2.05) is 12.1 Å². The number of nitrogens with one attached hydrogen (secondary N) is 3. The molecule has 0 spiro atoms. The molecule has 2 aromatic carbocycles. The second kappa shape index (κ2) is 13.4. The molecule has 226 valence electrons. The summed E-state index contributed by atoms with van der Waals surface area (Å²) in [5, 5.41) is 6.23. The maximum atomic E-state index is 13.6. The summed E-state index contributed by atoms with van der Waals surface area (Å²) < 4.78 is 35.0. The molecule has 4 aromatic rings. The Balaban J connectivity index is 1.57. The zero-order chi connectivity index (χ0) is 31.2. The molecule has 10 nitrogen and oxygen atoms in total.